The Morgan fingerprint density at radius 2 is 1.71 bits per heavy atom. The number of nitrogens with one attached hydrogen (secondary N) is 2. The molecule has 1 aromatic carbocycles. The predicted molar refractivity (Wildman–Crippen MR) is 67.9 cm³/mol. The molecule has 6 heteroatoms. The van der Waals surface area contributed by atoms with Gasteiger partial charge in [-0.1, -0.05) is 12.1 Å². The maximum absolute atomic E-state index is 11.9. The number of sulfone groups is 1. The van der Waals surface area contributed by atoms with Gasteiger partial charge < -0.3 is 5.32 Å². The molecule has 1 atom stereocenters. The van der Waals surface area contributed by atoms with Gasteiger partial charge in [0.05, 0.1) is 16.3 Å². The lowest BCUT2D eigenvalue weighted by Gasteiger charge is -2.16. The highest BCUT2D eigenvalue weighted by Gasteiger charge is 2.19. The maximum atomic E-state index is 11.9. The molecule has 1 unspecified atom stereocenters. The molecule has 96 valence electrons. The third-order valence-electron chi connectivity index (χ3n) is 2.62. The van der Waals surface area contributed by atoms with Crippen LogP contribution in [0.2, 0.25) is 0 Å². The van der Waals surface area contributed by atoms with Crippen molar-refractivity contribution >= 4 is 9.84 Å². The van der Waals surface area contributed by atoms with Crippen molar-refractivity contribution in [2.45, 2.75) is 30.2 Å². The quantitative estimate of drug-likeness (QED) is 0.407. The van der Waals surface area contributed by atoms with Crippen molar-refractivity contribution in [2.24, 2.45) is 5.84 Å². The van der Waals surface area contributed by atoms with Crippen LogP contribution < -0.4 is 16.6 Å². The molecule has 0 saturated heterocycles. The Bertz CT molecular complexity index is 450. The number of hydrazine groups is 1. The van der Waals surface area contributed by atoms with Crippen LogP contribution >= 0.6 is 0 Å². The van der Waals surface area contributed by atoms with E-state index in [0.717, 1.165) is 5.56 Å². The van der Waals surface area contributed by atoms with Crippen LogP contribution in [0.3, 0.4) is 0 Å². The molecular weight excluding hydrogens is 238 g/mol. The van der Waals surface area contributed by atoms with Crippen LogP contribution in [0.25, 0.3) is 0 Å². The second-order valence-electron chi connectivity index (χ2n) is 4.05. The van der Waals surface area contributed by atoms with E-state index in [1.807, 2.05) is 0 Å². The summed E-state index contributed by atoms with van der Waals surface area (Å²) in [6.07, 6.45) is -0.189. The minimum atomic E-state index is -3.20. The van der Waals surface area contributed by atoms with Crippen molar-refractivity contribution in [3.05, 3.63) is 29.8 Å². The average Bonchev–Trinajstić information content (AvgIpc) is 2.31. The smallest absolute Gasteiger partial charge is 0.180 e. The SMILES string of the molecule is CNC(NN)c1ccc(S(=O)(=O)C(C)C)cc1. The first-order valence-corrected chi connectivity index (χ1v) is 6.95. The second-order valence-corrected chi connectivity index (χ2v) is 6.56. The van der Waals surface area contributed by atoms with Gasteiger partial charge >= 0.3 is 0 Å². The van der Waals surface area contributed by atoms with Gasteiger partial charge in [0.25, 0.3) is 0 Å². The Kier molecular flexibility index (Phi) is 4.64. The number of hydrogen-bond acceptors (Lipinski definition) is 5. The molecule has 0 bridgehead atoms. The highest BCUT2D eigenvalue weighted by molar-refractivity contribution is 7.92. The standard InChI is InChI=1S/C11H19N3O2S/c1-8(2)17(15,16)10-6-4-9(5-7-10)11(13-3)14-12/h4-8,11,13-14H,12H2,1-3H3. The number of benzene rings is 1. The van der Waals surface area contributed by atoms with Gasteiger partial charge in [-0.25, -0.2) is 13.8 Å². The summed E-state index contributed by atoms with van der Waals surface area (Å²) < 4.78 is 23.8. The van der Waals surface area contributed by atoms with E-state index in [2.05, 4.69) is 10.7 Å². The molecule has 1 rings (SSSR count). The Morgan fingerprint density at radius 3 is 2.06 bits per heavy atom. The lowest BCUT2D eigenvalue weighted by Crippen LogP contribution is -2.36. The first kappa shape index (κ1) is 14.1. The van der Waals surface area contributed by atoms with Gasteiger partial charge in [-0.2, -0.15) is 0 Å². The van der Waals surface area contributed by atoms with Gasteiger partial charge in [-0.3, -0.25) is 5.84 Å². The Hall–Kier alpha value is -0.950. The summed E-state index contributed by atoms with van der Waals surface area (Å²) >= 11 is 0. The molecule has 0 fully saturated rings. The molecule has 0 saturated carbocycles. The van der Waals surface area contributed by atoms with Crippen molar-refractivity contribution in [1.82, 2.24) is 10.7 Å². The van der Waals surface area contributed by atoms with Gasteiger partial charge in [-0.05, 0) is 38.6 Å². The Morgan fingerprint density at radius 1 is 1.18 bits per heavy atom. The monoisotopic (exact) mass is 257 g/mol. The van der Waals surface area contributed by atoms with Gasteiger partial charge in [-0.15, -0.1) is 0 Å². The number of rotatable bonds is 5. The fraction of sp³-hybridized carbons (Fsp3) is 0.455. The maximum Gasteiger partial charge on any atom is 0.180 e. The molecule has 0 amide bonds. The predicted octanol–water partition coefficient (Wildman–Crippen LogP) is 0.550. The zero-order valence-electron chi connectivity index (χ0n) is 10.3. The summed E-state index contributed by atoms with van der Waals surface area (Å²) in [7, 11) is -1.44. The lowest BCUT2D eigenvalue weighted by molar-refractivity contribution is 0.488. The average molecular weight is 257 g/mol. The van der Waals surface area contributed by atoms with Crippen LogP contribution in [0.15, 0.2) is 29.2 Å². The minimum Gasteiger partial charge on any atom is -0.300 e. The van der Waals surface area contributed by atoms with Crippen LogP contribution in [0, 0.1) is 0 Å². The molecule has 0 aromatic heterocycles. The van der Waals surface area contributed by atoms with Gasteiger partial charge in [0.2, 0.25) is 0 Å². The number of nitrogens with two attached hydrogens (primary N) is 1. The fourth-order valence-electron chi connectivity index (χ4n) is 1.47. The van der Waals surface area contributed by atoms with Crippen molar-refractivity contribution < 1.29 is 8.42 Å². The van der Waals surface area contributed by atoms with Crippen molar-refractivity contribution in [1.29, 1.82) is 0 Å². The van der Waals surface area contributed by atoms with Crippen LogP contribution in [0.5, 0.6) is 0 Å². The first-order chi connectivity index (χ1) is 7.93. The molecule has 5 nitrogen and oxygen atoms in total. The summed E-state index contributed by atoms with van der Waals surface area (Å²) in [5.74, 6) is 5.36. The van der Waals surface area contributed by atoms with Crippen molar-refractivity contribution in [3.63, 3.8) is 0 Å². The third kappa shape index (κ3) is 3.04. The second kappa shape index (κ2) is 5.59. The van der Waals surface area contributed by atoms with Crippen LogP contribution in [0.4, 0.5) is 0 Å². The van der Waals surface area contributed by atoms with Crippen molar-refractivity contribution in [2.75, 3.05) is 7.05 Å². The van der Waals surface area contributed by atoms with E-state index in [9.17, 15) is 8.42 Å². The van der Waals surface area contributed by atoms with Crippen LogP contribution in [-0.2, 0) is 9.84 Å². The zero-order chi connectivity index (χ0) is 13.1. The summed E-state index contributed by atoms with van der Waals surface area (Å²) in [4.78, 5) is 0.336. The first-order valence-electron chi connectivity index (χ1n) is 5.40. The molecule has 0 heterocycles. The van der Waals surface area contributed by atoms with E-state index in [0.29, 0.717) is 4.90 Å². The Balaban J connectivity index is 3.04. The fourth-order valence-corrected chi connectivity index (χ4v) is 2.53. The molecule has 4 N–H and O–H groups in total. The van der Waals surface area contributed by atoms with Crippen LogP contribution in [-0.4, -0.2) is 20.7 Å². The molecule has 0 aliphatic rings. The third-order valence-corrected chi connectivity index (χ3v) is 4.79. The highest BCUT2D eigenvalue weighted by atomic mass is 32.2. The molecule has 0 aliphatic heterocycles. The van der Waals surface area contributed by atoms with E-state index >= 15 is 0 Å². The summed E-state index contributed by atoms with van der Waals surface area (Å²) in [6.45, 7) is 3.34. The van der Waals surface area contributed by atoms with Gasteiger partial charge in [0.1, 0.15) is 0 Å². The van der Waals surface area contributed by atoms with Gasteiger partial charge in [0.15, 0.2) is 9.84 Å². The summed E-state index contributed by atoms with van der Waals surface area (Å²) in [5, 5.41) is 2.55. The largest absolute Gasteiger partial charge is 0.300 e. The minimum absolute atomic E-state index is 0.189. The molecule has 1 aromatic rings. The van der Waals surface area contributed by atoms with E-state index in [1.54, 1.807) is 45.2 Å². The topological polar surface area (TPSA) is 84.2 Å². The zero-order valence-corrected chi connectivity index (χ0v) is 11.1. The summed E-state index contributed by atoms with van der Waals surface area (Å²) in [5.41, 5.74) is 3.48. The van der Waals surface area contributed by atoms with E-state index < -0.39 is 15.1 Å². The molecular formula is C11H19N3O2S. The van der Waals surface area contributed by atoms with E-state index in [1.165, 1.54) is 0 Å². The Labute approximate surface area is 102 Å². The van der Waals surface area contributed by atoms with E-state index in [-0.39, 0.29) is 6.17 Å². The number of hydrogen-bond donors (Lipinski definition) is 3. The normalized spacial score (nSPS) is 13.9. The van der Waals surface area contributed by atoms with Crippen LogP contribution in [0.1, 0.15) is 25.6 Å². The summed E-state index contributed by atoms with van der Waals surface area (Å²) in [6, 6.07) is 6.70. The van der Waals surface area contributed by atoms with Crippen molar-refractivity contribution in [3.8, 4) is 0 Å². The van der Waals surface area contributed by atoms with Gasteiger partial charge in [0, 0.05) is 0 Å². The molecule has 17 heavy (non-hydrogen) atoms. The van der Waals surface area contributed by atoms with E-state index in [4.69, 9.17) is 5.84 Å². The molecule has 0 spiro atoms. The molecule has 0 radical (unpaired) electrons. The molecule has 0 aliphatic carbocycles. The highest BCUT2D eigenvalue weighted by Crippen LogP contribution is 2.18. The lowest BCUT2D eigenvalue weighted by atomic mass is 10.2.